The molecule has 2 aromatic heterocycles. The summed E-state index contributed by atoms with van der Waals surface area (Å²) in [5.74, 6) is 0. The van der Waals surface area contributed by atoms with Gasteiger partial charge in [0, 0.05) is 17.6 Å². The number of pyridine rings is 1. The van der Waals surface area contributed by atoms with Gasteiger partial charge in [0.1, 0.15) is 0 Å². The largest absolute Gasteiger partial charge is 0.330 e. The first kappa shape index (κ1) is 14.1. The highest BCUT2D eigenvalue weighted by Crippen LogP contribution is 2.34. The van der Waals surface area contributed by atoms with Gasteiger partial charge in [-0.3, -0.25) is 4.98 Å². The minimum absolute atomic E-state index is 0.00375. The predicted molar refractivity (Wildman–Crippen MR) is 84.2 cm³/mol. The molecule has 1 aliphatic rings. The van der Waals surface area contributed by atoms with Gasteiger partial charge in [-0.25, -0.2) is 4.79 Å². The fourth-order valence-electron chi connectivity index (χ4n) is 2.76. The van der Waals surface area contributed by atoms with E-state index in [1.807, 2.05) is 36.1 Å². The molecule has 0 unspecified atom stereocenters. The molecule has 1 N–H and O–H groups in total. The number of thiophene rings is 1. The van der Waals surface area contributed by atoms with Gasteiger partial charge in [0.15, 0.2) is 0 Å². The first-order valence-electron chi connectivity index (χ1n) is 7.27. The third-order valence-electron chi connectivity index (χ3n) is 3.86. The molecule has 0 spiro atoms. The van der Waals surface area contributed by atoms with E-state index >= 15 is 0 Å². The van der Waals surface area contributed by atoms with E-state index in [4.69, 9.17) is 0 Å². The predicted octanol–water partition coefficient (Wildman–Crippen LogP) is 3.75. The van der Waals surface area contributed by atoms with Crippen LogP contribution in [0.4, 0.5) is 4.79 Å². The molecule has 2 aromatic rings. The number of amides is 2. The van der Waals surface area contributed by atoms with E-state index in [1.54, 1.807) is 17.5 Å². The van der Waals surface area contributed by atoms with Gasteiger partial charge in [-0.1, -0.05) is 12.1 Å². The molecule has 21 heavy (non-hydrogen) atoms. The zero-order chi connectivity index (χ0) is 14.7. The van der Waals surface area contributed by atoms with Crippen molar-refractivity contribution in [2.45, 2.75) is 31.8 Å². The Morgan fingerprint density at radius 3 is 3.05 bits per heavy atom. The first-order chi connectivity index (χ1) is 10.3. The Labute approximate surface area is 128 Å². The van der Waals surface area contributed by atoms with Crippen LogP contribution in [0.2, 0.25) is 0 Å². The van der Waals surface area contributed by atoms with Crippen LogP contribution in [0.3, 0.4) is 0 Å². The number of nitrogens with one attached hydrogen (secondary N) is 1. The van der Waals surface area contributed by atoms with Gasteiger partial charge < -0.3 is 10.2 Å². The van der Waals surface area contributed by atoms with Crippen LogP contribution in [0.25, 0.3) is 0 Å². The van der Waals surface area contributed by atoms with Crippen LogP contribution >= 0.6 is 11.3 Å². The summed E-state index contributed by atoms with van der Waals surface area (Å²) < 4.78 is 0. The normalized spacial score (nSPS) is 19.5. The van der Waals surface area contributed by atoms with E-state index in [0.29, 0.717) is 0 Å². The number of rotatable bonds is 3. The van der Waals surface area contributed by atoms with Crippen molar-refractivity contribution in [3.05, 3.63) is 52.5 Å². The minimum atomic E-state index is -0.0803. The summed E-state index contributed by atoms with van der Waals surface area (Å²) in [6.45, 7) is 2.79. The molecule has 3 heterocycles. The molecule has 1 saturated heterocycles. The molecule has 4 nitrogen and oxygen atoms in total. The Bertz CT molecular complexity index is 585. The van der Waals surface area contributed by atoms with Gasteiger partial charge in [0.25, 0.3) is 0 Å². The molecule has 0 saturated carbocycles. The first-order valence-corrected chi connectivity index (χ1v) is 8.15. The molecular formula is C16H19N3OS. The van der Waals surface area contributed by atoms with Crippen molar-refractivity contribution in [2.75, 3.05) is 6.54 Å². The quantitative estimate of drug-likeness (QED) is 0.938. The highest BCUT2D eigenvalue weighted by atomic mass is 32.1. The van der Waals surface area contributed by atoms with Gasteiger partial charge in [-0.15, -0.1) is 11.3 Å². The standard InChI is InChI=1S/C16H19N3OS/c1-12(13-6-2-3-9-17-13)18-16(20)19-10-4-7-14(19)15-8-5-11-21-15/h2-3,5-6,8-9,11-12,14H,4,7,10H2,1H3,(H,18,20)/t12-,14-/m0/s1. The highest BCUT2D eigenvalue weighted by molar-refractivity contribution is 7.10. The van der Waals surface area contributed by atoms with E-state index in [-0.39, 0.29) is 18.1 Å². The maximum absolute atomic E-state index is 12.5. The second-order valence-corrected chi connectivity index (χ2v) is 6.27. The van der Waals surface area contributed by atoms with Crippen LogP contribution in [-0.4, -0.2) is 22.5 Å². The number of carbonyl (C=O) groups is 1. The maximum atomic E-state index is 12.5. The molecule has 110 valence electrons. The fourth-order valence-corrected chi connectivity index (χ4v) is 3.63. The molecule has 0 aliphatic carbocycles. The van der Waals surface area contributed by atoms with Crippen molar-refractivity contribution in [1.29, 1.82) is 0 Å². The smallest absolute Gasteiger partial charge is 0.318 e. The lowest BCUT2D eigenvalue weighted by molar-refractivity contribution is 0.190. The molecule has 1 aliphatic heterocycles. The van der Waals surface area contributed by atoms with Crippen LogP contribution in [-0.2, 0) is 0 Å². The molecule has 0 aromatic carbocycles. The van der Waals surface area contributed by atoms with E-state index in [2.05, 4.69) is 21.7 Å². The zero-order valence-electron chi connectivity index (χ0n) is 12.0. The molecule has 0 radical (unpaired) electrons. The van der Waals surface area contributed by atoms with Crippen LogP contribution in [0.15, 0.2) is 41.9 Å². The van der Waals surface area contributed by atoms with Crippen molar-refractivity contribution in [3.8, 4) is 0 Å². The van der Waals surface area contributed by atoms with E-state index in [1.165, 1.54) is 4.88 Å². The second kappa shape index (κ2) is 6.26. The summed E-state index contributed by atoms with van der Waals surface area (Å²) >= 11 is 1.72. The van der Waals surface area contributed by atoms with Gasteiger partial charge >= 0.3 is 6.03 Å². The van der Waals surface area contributed by atoms with Gasteiger partial charge in [0.05, 0.1) is 17.8 Å². The summed E-state index contributed by atoms with van der Waals surface area (Å²) in [4.78, 5) is 20.0. The third-order valence-corrected chi connectivity index (χ3v) is 4.83. The van der Waals surface area contributed by atoms with Crippen LogP contribution in [0.5, 0.6) is 0 Å². The van der Waals surface area contributed by atoms with Crippen LogP contribution < -0.4 is 5.32 Å². The van der Waals surface area contributed by atoms with Crippen LogP contribution in [0.1, 0.15) is 42.4 Å². The monoisotopic (exact) mass is 301 g/mol. The lowest BCUT2D eigenvalue weighted by Crippen LogP contribution is -2.40. The topological polar surface area (TPSA) is 45.2 Å². The van der Waals surface area contributed by atoms with Crippen molar-refractivity contribution >= 4 is 17.4 Å². The number of hydrogen-bond donors (Lipinski definition) is 1. The molecule has 3 rings (SSSR count). The molecule has 5 heteroatoms. The summed E-state index contributed by atoms with van der Waals surface area (Å²) in [5.41, 5.74) is 0.887. The minimum Gasteiger partial charge on any atom is -0.330 e. The Morgan fingerprint density at radius 1 is 1.43 bits per heavy atom. The molecule has 2 amide bonds. The number of urea groups is 1. The third kappa shape index (κ3) is 3.08. The van der Waals surface area contributed by atoms with Crippen molar-refractivity contribution in [3.63, 3.8) is 0 Å². The molecule has 1 fully saturated rings. The zero-order valence-corrected chi connectivity index (χ0v) is 12.8. The number of nitrogens with zero attached hydrogens (tertiary/aromatic N) is 2. The Hall–Kier alpha value is -1.88. The molecule has 0 bridgehead atoms. The van der Waals surface area contributed by atoms with Gasteiger partial charge in [-0.05, 0) is 43.3 Å². The van der Waals surface area contributed by atoms with E-state index in [0.717, 1.165) is 25.1 Å². The maximum Gasteiger partial charge on any atom is 0.318 e. The van der Waals surface area contributed by atoms with E-state index < -0.39 is 0 Å². The van der Waals surface area contributed by atoms with Gasteiger partial charge in [-0.2, -0.15) is 0 Å². The van der Waals surface area contributed by atoms with E-state index in [9.17, 15) is 4.79 Å². The second-order valence-electron chi connectivity index (χ2n) is 5.29. The lowest BCUT2D eigenvalue weighted by Gasteiger charge is -2.26. The van der Waals surface area contributed by atoms with Crippen molar-refractivity contribution < 1.29 is 4.79 Å². The number of likely N-dealkylation sites (tertiary alicyclic amines) is 1. The highest BCUT2D eigenvalue weighted by Gasteiger charge is 2.31. The average molecular weight is 301 g/mol. The SMILES string of the molecule is C[C@H](NC(=O)N1CCC[C@H]1c1cccs1)c1ccccn1. The number of hydrogen-bond acceptors (Lipinski definition) is 3. The van der Waals surface area contributed by atoms with Crippen molar-refractivity contribution in [1.82, 2.24) is 15.2 Å². The summed E-state index contributed by atoms with van der Waals surface area (Å²) in [7, 11) is 0. The summed E-state index contributed by atoms with van der Waals surface area (Å²) in [6.07, 6.45) is 3.86. The molecular weight excluding hydrogens is 282 g/mol. The lowest BCUT2D eigenvalue weighted by atomic mass is 10.2. The Kier molecular flexibility index (Phi) is 4.20. The fraction of sp³-hybridized carbons (Fsp3) is 0.375. The number of carbonyl (C=O) groups excluding carboxylic acids is 1. The number of aromatic nitrogens is 1. The average Bonchev–Trinajstić information content (AvgIpc) is 3.18. The van der Waals surface area contributed by atoms with Crippen molar-refractivity contribution in [2.24, 2.45) is 0 Å². The molecule has 2 atom stereocenters. The summed E-state index contributed by atoms with van der Waals surface area (Å²) in [6, 6.07) is 10.1. The Balaban J connectivity index is 1.67. The van der Waals surface area contributed by atoms with Crippen LogP contribution in [0, 0.1) is 0 Å². The summed E-state index contributed by atoms with van der Waals surface area (Å²) in [5, 5.41) is 5.13. The van der Waals surface area contributed by atoms with Gasteiger partial charge in [0.2, 0.25) is 0 Å². The Morgan fingerprint density at radius 2 is 2.33 bits per heavy atom.